The number of nitrogens with one attached hydrogen (secondary N) is 1. The summed E-state index contributed by atoms with van der Waals surface area (Å²) in [5.41, 5.74) is -0.150. The number of hydrogen-bond acceptors (Lipinski definition) is 3. The highest BCUT2D eigenvalue weighted by Crippen LogP contribution is 2.34. The first kappa shape index (κ1) is 13.8. The minimum Gasteiger partial charge on any atom is -0.377 e. The molecule has 1 aromatic carbocycles. The van der Waals surface area contributed by atoms with Crippen molar-refractivity contribution >= 4 is 33.0 Å². The molecule has 2 aromatic rings. The van der Waals surface area contributed by atoms with Crippen molar-refractivity contribution in [3.63, 3.8) is 0 Å². The number of ether oxygens (including phenoxy) is 1. The minimum atomic E-state index is -0.150. The number of thiophene rings is 1. The summed E-state index contributed by atoms with van der Waals surface area (Å²) in [5, 5.41) is 5.41. The van der Waals surface area contributed by atoms with Crippen molar-refractivity contribution < 1.29 is 4.74 Å². The topological polar surface area (TPSA) is 21.3 Å². The predicted molar refractivity (Wildman–Crippen MR) is 79.6 cm³/mol. The average Bonchev–Trinajstić information content (AvgIpc) is 2.67. The maximum absolute atomic E-state index is 6.38. The number of hydrogen-bond donors (Lipinski definition) is 1. The molecule has 0 amide bonds. The third-order valence-electron chi connectivity index (χ3n) is 2.99. The smallest absolute Gasteiger partial charge is 0.0746 e. The summed E-state index contributed by atoms with van der Waals surface area (Å²) in [6.07, 6.45) is 0. The number of rotatable bonds is 5. The number of benzene rings is 1. The van der Waals surface area contributed by atoms with E-state index >= 15 is 0 Å². The van der Waals surface area contributed by atoms with Gasteiger partial charge in [-0.3, -0.25) is 0 Å². The van der Waals surface area contributed by atoms with E-state index < -0.39 is 0 Å². The lowest BCUT2D eigenvalue weighted by molar-refractivity contribution is 0.0231. The average molecular weight is 284 g/mol. The summed E-state index contributed by atoms with van der Waals surface area (Å²) >= 11 is 8.13. The Morgan fingerprint density at radius 1 is 1.33 bits per heavy atom. The van der Waals surface area contributed by atoms with Gasteiger partial charge in [-0.15, -0.1) is 11.3 Å². The minimum absolute atomic E-state index is 0.150. The third kappa shape index (κ3) is 3.04. The fourth-order valence-electron chi connectivity index (χ4n) is 1.73. The Morgan fingerprint density at radius 3 is 2.72 bits per heavy atom. The van der Waals surface area contributed by atoms with E-state index in [9.17, 15) is 0 Å². The molecule has 0 saturated carbocycles. The van der Waals surface area contributed by atoms with Crippen LogP contribution in [0, 0.1) is 0 Å². The van der Waals surface area contributed by atoms with Gasteiger partial charge in [-0.05, 0) is 19.9 Å². The van der Waals surface area contributed by atoms with Crippen LogP contribution in [0.3, 0.4) is 0 Å². The predicted octanol–water partition coefficient (Wildman–Crippen LogP) is 4.07. The molecule has 0 fully saturated rings. The molecule has 1 N–H and O–H groups in total. The Hall–Kier alpha value is -0.610. The molecule has 0 aliphatic rings. The molecular formula is C14H18ClNOS. The summed E-state index contributed by atoms with van der Waals surface area (Å²) in [7, 11) is 1.73. The maximum atomic E-state index is 6.38. The van der Waals surface area contributed by atoms with E-state index in [1.54, 1.807) is 18.4 Å². The molecule has 18 heavy (non-hydrogen) atoms. The zero-order chi connectivity index (χ0) is 13.2. The van der Waals surface area contributed by atoms with Gasteiger partial charge < -0.3 is 10.1 Å². The van der Waals surface area contributed by atoms with Gasteiger partial charge in [0.15, 0.2) is 0 Å². The Bertz CT molecular complexity index is 536. The Kier molecular flexibility index (Phi) is 4.28. The fourth-order valence-corrected chi connectivity index (χ4v) is 3.20. The first-order valence-electron chi connectivity index (χ1n) is 5.95. The Labute approximate surface area is 117 Å². The van der Waals surface area contributed by atoms with Gasteiger partial charge in [0.2, 0.25) is 0 Å². The quantitative estimate of drug-likeness (QED) is 0.893. The van der Waals surface area contributed by atoms with Gasteiger partial charge >= 0.3 is 0 Å². The van der Waals surface area contributed by atoms with Crippen LogP contribution in [0.25, 0.3) is 10.1 Å². The molecule has 4 heteroatoms. The third-order valence-corrected chi connectivity index (χ3v) is 4.70. The molecule has 0 bridgehead atoms. The van der Waals surface area contributed by atoms with E-state index in [4.69, 9.17) is 16.3 Å². The van der Waals surface area contributed by atoms with E-state index in [0.717, 1.165) is 23.5 Å². The normalized spacial score (nSPS) is 12.2. The lowest BCUT2D eigenvalue weighted by Gasteiger charge is -2.23. The summed E-state index contributed by atoms with van der Waals surface area (Å²) < 4.78 is 6.61. The summed E-state index contributed by atoms with van der Waals surface area (Å²) in [5.74, 6) is 0. The Morgan fingerprint density at radius 2 is 2.06 bits per heavy atom. The van der Waals surface area contributed by atoms with E-state index in [-0.39, 0.29) is 5.60 Å². The molecular weight excluding hydrogens is 266 g/mol. The van der Waals surface area contributed by atoms with Crippen molar-refractivity contribution in [3.8, 4) is 0 Å². The number of methoxy groups -OCH3 is 1. The summed E-state index contributed by atoms with van der Waals surface area (Å²) in [6.45, 7) is 5.71. The van der Waals surface area contributed by atoms with Crippen LogP contribution in [-0.4, -0.2) is 19.3 Å². The molecule has 1 heterocycles. The van der Waals surface area contributed by atoms with E-state index in [0.29, 0.717) is 0 Å². The second-order valence-corrected chi connectivity index (χ2v) is 6.42. The number of halogens is 1. The van der Waals surface area contributed by atoms with Crippen LogP contribution in [0.2, 0.25) is 5.02 Å². The van der Waals surface area contributed by atoms with E-state index in [1.807, 2.05) is 12.1 Å². The molecule has 1 aromatic heterocycles. The van der Waals surface area contributed by atoms with Crippen LogP contribution in [-0.2, 0) is 11.3 Å². The van der Waals surface area contributed by atoms with Crippen LogP contribution in [0.1, 0.15) is 18.7 Å². The van der Waals surface area contributed by atoms with Gasteiger partial charge in [0.1, 0.15) is 0 Å². The van der Waals surface area contributed by atoms with Gasteiger partial charge in [-0.1, -0.05) is 29.8 Å². The van der Waals surface area contributed by atoms with Crippen LogP contribution < -0.4 is 5.32 Å². The molecule has 0 spiro atoms. The molecule has 98 valence electrons. The SMILES string of the molecule is COC(C)(C)CNCc1sc2ccccc2c1Cl. The molecule has 2 rings (SSSR count). The van der Waals surface area contributed by atoms with Crippen molar-refractivity contribution in [1.82, 2.24) is 5.32 Å². The van der Waals surface area contributed by atoms with Crippen LogP contribution in [0.5, 0.6) is 0 Å². The lowest BCUT2D eigenvalue weighted by Crippen LogP contribution is -2.36. The highest BCUT2D eigenvalue weighted by atomic mass is 35.5. The Balaban J connectivity index is 2.06. The van der Waals surface area contributed by atoms with Crippen molar-refractivity contribution in [2.45, 2.75) is 26.0 Å². The summed E-state index contributed by atoms with van der Waals surface area (Å²) in [4.78, 5) is 1.18. The van der Waals surface area contributed by atoms with E-state index in [1.165, 1.54) is 9.58 Å². The van der Waals surface area contributed by atoms with Gasteiger partial charge in [-0.25, -0.2) is 0 Å². The highest BCUT2D eigenvalue weighted by Gasteiger charge is 2.16. The van der Waals surface area contributed by atoms with Crippen molar-refractivity contribution in [2.75, 3.05) is 13.7 Å². The molecule has 2 nitrogen and oxygen atoms in total. The zero-order valence-corrected chi connectivity index (χ0v) is 12.5. The first-order valence-corrected chi connectivity index (χ1v) is 7.15. The lowest BCUT2D eigenvalue weighted by atomic mass is 10.1. The van der Waals surface area contributed by atoms with Crippen LogP contribution in [0.15, 0.2) is 24.3 Å². The van der Waals surface area contributed by atoms with Crippen molar-refractivity contribution in [3.05, 3.63) is 34.2 Å². The molecule has 0 atom stereocenters. The largest absolute Gasteiger partial charge is 0.377 e. The molecule has 0 aliphatic carbocycles. The van der Waals surface area contributed by atoms with Gasteiger partial charge in [-0.2, -0.15) is 0 Å². The maximum Gasteiger partial charge on any atom is 0.0746 e. The number of fused-ring (bicyclic) bond motifs is 1. The van der Waals surface area contributed by atoms with E-state index in [2.05, 4.69) is 31.3 Å². The molecule has 0 unspecified atom stereocenters. The van der Waals surface area contributed by atoms with Crippen LogP contribution >= 0.6 is 22.9 Å². The second-order valence-electron chi connectivity index (χ2n) is 4.90. The first-order chi connectivity index (χ1) is 8.53. The van der Waals surface area contributed by atoms with Gasteiger partial charge in [0.25, 0.3) is 0 Å². The highest BCUT2D eigenvalue weighted by molar-refractivity contribution is 7.19. The molecule has 0 saturated heterocycles. The van der Waals surface area contributed by atoms with Crippen molar-refractivity contribution in [2.24, 2.45) is 0 Å². The second kappa shape index (κ2) is 5.57. The van der Waals surface area contributed by atoms with Crippen LogP contribution in [0.4, 0.5) is 0 Å². The van der Waals surface area contributed by atoms with Gasteiger partial charge in [0, 0.05) is 35.2 Å². The van der Waals surface area contributed by atoms with Crippen molar-refractivity contribution in [1.29, 1.82) is 0 Å². The fraction of sp³-hybridized carbons (Fsp3) is 0.429. The molecule has 0 radical (unpaired) electrons. The molecule has 0 aliphatic heterocycles. The standard InChI is InChI=1S/C14H18ClNOS/c1-14(2,17-3)9-16-8-12-13(15)10-6-4-5-7-11(10)18-12/h4-7,16H,8-9H2,1-3H3. The van der Waals surface area contributed by atoms with Gasteiger partial charge in [0.05, 0.1) is 10.6 Å². The summed E-state index contributed by atoms with van der Waals surface area (Å²) in [6, 6.07) is 8.23. The zero-order valence-electron chi connectivity index (χ0n) is 10.9. The monoisotopic (exact) mass is 283 g/mol.